The van der Waals surface area contributed by atoms with Gasteiger partial charge in [0.25, 0.3) is 0 Å². The first-order chi connectivity index (χ1) is 16.1. The predicted molar refractivity (Wildman–Crippen MR) is 135 cm³/mol. The van der Waals surface area contributed by atoms with Crippen molar-refractivity contribution in [2.45, 2.75) is 18.3 Å². The van der Waals surface area contributed by atoms with Gasteiger partial charge in [0.05, 0.1) is 0 Å². The van der Waals surface area contributed by atoms with Gasteiger partial charge in [0.15, 0.2) is 0 Å². The Hall–Kier alpha value is -4.04. The summed E-state index contributed by atoms with van der Waals surface area (Å²) in [6.45, 7) is 0. The molecule has 158 valence electrons. The molecule has 0 saturated carbocycles. The van der Waals surface area contributed by atoms with Crippen LogP contribution < -0.4 is 0 Å². The van der Waals surface area contributed by atoms with E-state index in [1.807, 2.05) is 0 Å². The Morgan fingerprint density at radius 2 is 1.12 bits per heavy atom. The molecule has 6 aromatic carbocycles. The van der Waals surface area contributed by atoms with Crippen LogP contribution in [0.4, 0.5) is 0 Å². The number of phenols is 2. The Morgan fingerprint density at radius 1 is 0.545 bits per heavy atom. The monoisotopic (exact) mass is 426 g/mol. The molecule has 0 aliphatic heterocycles. The van der Waals surface area contributed by atoms with Crippen molar-refractivity contribution in [1.29, 1.82) is 0 Å². The van der Waals surface area contributed by atoms with Gasteiger partial charge in [-0.25, -0.2) is 0 Å². The summed E-state index contributed by atoms with van der Waals surface area (Å²) in [5.74, 6) is 0.539. The number of aromatic hydroxyl groups is 2. The van der Waals surface area contributed by atoms with Crippen molar-refractivity contribution in [2.75, 3.05) is 0 Å². The van der Waals surface area contributed by atoms with Crippen LogP contribution in [-0.4, -0.2) is 10.2 Å². The van der Waals surface area contributed by atoms with Crippen molar-refractivity contribution in [2.24, 2.45) is 0 Å². The highest BCUT2D eigenvalue weighted by Gasteiger charge is 2.41. The number of phenolic OH excluding ortho intramolecular Hbond substituents is 2. The van der Waals surface area contributed by atoms with Gasteiger partial charge in [-0.05, 0) is 97.7 Å². The Kier molecular flexibility index (Phi) is 3.64. The van der Waals surface area contributed by atoms with E-state index in [0.717, 1.165) is 24.0 Å². The van der Waals surface area contributed by atoms with Gasteiger partial charge >= 0.3 is 0 Å². The summed E-state index contributed by atoms with van der Waals surface area (Å²) >= 11 is 0. The minimum absolute atomic E-state index is 0.269. The Morgan fingerprint density at radius 3 is 1.79 bits per heavy atom. The third-order valence-electron chi connectivity index (χ3n) is 7.66. The van der Waals surface area contributed by atoms with Gasteiger partial charge in [0, 0.05) is 5.41 Å². The largest absolute Gasteiger partial charge is 0.508 e. The summed E-state index contributed by atoms with van der Waals surface area (Å²) in [5.41, 5.74) is 4.64. The molecule has 0 spiro atoms. The van der Waals surface area contributed by atoms with E-state index in [-0.39, 0.29) is 16.9 Å². The van der Waals surface area contributed by atoms with E-state index in [1.54, 1.807) is 24.3 Å². The number of hydrogen-bond donors (Lipinski definition) is 2. The first kappa shape index (κ1) is 18.5. The molecule has 2 heteroatoms. The molecule has 0 heterocycles. The van der Waals surface area contributed by atoms with Gasteiger partial charge < -0.3 is 10.2 Å². The topological polar surface area (TPSA) is 40.5 Å². The van der Waals surface area contributed by atoms with Crippen molar-refractivity contribution in [3.63, 3.8) is 0 Å². The van der Waals surface area contributed by atoms with Crippen LogP contribution in [0.25, 0.3) is 32.3 Å². The van der Waals surface area contributed by atoms with Crippen molar-refractivity contribution >= 4 is 32.3 Å². The lowest BCUT2D eigenvalue weighted by Gasteiger charge is -2.41. The molecule has 0 radical (unpaired) electrons. The Bertz CT molecular complexity index is 1620. The van der Waals surface area contributed by atoms with Crippen LogP contribution in [0.15, 0.2) is 97.1 Å². The standard InChI is InChI=1S/C31H22O2/c32-25-12-8-23(9-13-25)31(24-10-14-26(33)15-11-24)17-16-21-7-6-20-5-4-19-2-1-3-22-18-27(31)29(21)30(20)28(19)22/h1-15,18,32-33H,16-17H2. The molecule has 0 saturated heterocycles. The molecular weight excluding hydrogens is 404 g/mol. The first-order valence-electron chi connectivity index (χ1n) is 11.4. The van der Waals surface area contributed by atoms with Crippen LogP contribution in [0, 0.1) is 0 Å². The maximum atomic E-state index is 10.0. The summed E-state index contributed by atoms with van der Waals surface area (Å²) in [6, 6.07) is 33.3. The average molecular weight is 427 g/mol. The molecule has 0 fully saturated rings. The maximum Gasteiger partial charge on any atom is 0.115 e. The lowest BCUT2D eigenvalue weighted by Crippen LogP contribution is -2.33. The molecule has 0 amide bonds. The minimum atomic E-state index is -0.377. The molecule has 7 rings (SSSR count). The van der Waals surface area contributed by atoms with Crippen LogP contribution in [0.3, 0.4) is 0 Å². The molecule has 1 aliphatic carbocycles. The lowest BCUT2D eigenvalue weighted by atomic mass is 9.61. The summed E-state index contributed by atoms with van der Waals surface area (Å²) in [6.07, 6.45) is 1.88. The molecule has 0 bridgehead atoms. The number of rotatable bonds is 2. The van der Waals surface area contributed by atoms with Crippen LogP contribution in [0.5, 0.6) is 11.5 Å². The van der Waals surface area contributed by atoms with E-state index in [2.05, 4.69) is 72.8 Å². The SMILES string of the molecule is Oc1ccc(C2(c3ccc(O)cc3)CCc3ccc4ccc5cccc6cc2c3c4c56)cc1. The molecule has 6 aromatic rings. The zero-order chi connectivity index (χ0) is 22.2. The average Bonchev–Trinajstić information content (AvgIpc) is 2.85. The Balaban J connectivity index is 1.69. The minimum Gasteiger partial charge on any atom is -0.508 e. The fourth-order valence-corrected chi connectivity index (χ4v) is 6.18. The molecule has 33 heavy (non-hydrogen) atoms. The van der Waals surface area contributed by atoms with Crippen LogP contribution in [0.2, 0.25) is 0 Å². The number of hydrogen-bond acceptors (Lipinski definition) is 2. The van der Waals surface area contributed by atoms with Crippen LogP contribution >= 0.6 is 0 Å². The van der Waals surface area contributed by atoms with Gasteiger partial charge in [-0.2, -0.15) is 0 Å². The van der Waals surface area contributed by atoms with Gasteiger partial charge in [-0.15, -0.1) is 0 Å². The third-order valence-corrected chi connectivity index (χ3v) is 7.66. The lowest BCUT2D eigenvalue weighted by molar-refractivity contribution is 0.472. The molecule has 0 unspecified atom stereocenters. The van der Waals surface area contributed by atoms with E-state index in [4.69, 9.17) is 0 Å². The van der Waals surface area contributed by atoms with E-state index in [1.165, 1.54) is 43.4 Å². The Labute approximate surface area is 191 Å². The van der Waals surface area contributed by atoms with E-state index >= 15 is 0 Å². The normalized spacial score (nSPS) is 14.9. The molecular formula is C31H22O2. The number of aryl methyl sites for hydroxylation is 1. The van der Waals surface area contributed by atoms with Crippen molar-refractivity contribution < 1.29 is 10.2 Å². The molecule has 2 N–H and O–H groups in total. The van der Waals surface area contributed by atoms with E-state index in [9.17, 15) is 10.2 Å². The van der Waals surface area contributed by atoms with E-state index in [0.29, 0.717) is 0 Å². The zero-order valence-electron chi connectivity index (χ0n) is 18.0. The smallest absolute Gasteiger partial charge is 0.115 e. The fourth-order valence-electron chi connectivity index (χ4n) is 6.18. The van der Waals surface area contributed by atoms with E-state index < -0.39 is 0 Å². The first-order valence-corrected chi connectivity index (χ1v) is 11.4. The molecule has 1 aliphatic rings. The van der Waals surface area contributed by atoms with Crippen molar-refractivity contribution in [3.8, 4) is 11.5 Å². The second-order valence-corrected chi connectivity index (χ2v) is 9.27. The zero-order valence-corrected chi connectivity index (χ0v) is 18.0. The van der Waals surface area contributed by atoms with Gasteiger partial charge in [0.1, 0.15) is 11.5 Å². The fraction of sp³-hybridized carbons (Fsp3) is 0.0968. The highest BCUT2D eigenvalue weighted by atomic mass is 16.3. The summed E-state index contributed by atoms with van der Waals surface area (Å²) in [7, 11) is 0. The van der Waals surface area contributed by atoms with Gasteiger partial charge in [-0.3, -0.25) is 0 Å². The highest BCUT2D eigenvalue weighted by molar-refractivity contribution is 6.25. The number of benzene rings is 6. The van der Waals surface area contributed by atoms with Crippen molar-refractivity contribution in [3.05, 3.63) is 119 Å². The maximum absolute atomic E-state index is 10.0. The predicted octanol–water partition coefficient (Wildman–Crippen LogP) is 7.28. The highest BCUT2D eigenvalue weighted by Crippen LogP contribution is 2.52. The third kappa shape index (κ3) is 2.44. The quantitative estimate of drug-likeness (QED) is 0.286. The van der Waals surface area contributed by atoms with Crippen molar-refractivity contribution in [1.82, 2.24) is 0 Å². The van der Waals surface area contributed by atoms with Gasteiger partial charge in [-0.1, -0.05) is 66.7 Å². The van der Waals surface area contributed by atoms with Gasteiger partial charge in [0.2, 0.25) is 0 Å². The molecule has 0 aromatic heterocycles. The summed E-state index contributed by atoms with van der Waals surface area (Å²) in [5, 5.41) is 27.9. The molecule has 0 atom stereocenters. The van der Waals surface area contributed by atoms with Crippen LogP contribution in [0.1, 0.15) is 28.7 Å². The van der Waals surface area contributed by atoms with Crippen LogP contribution in [-0.2, 0) is 11.8 Å². The second kappa shape index (κ2) is 6.49. The summed E-state index contributed by atoms with van der Waals surface area (Å²) in [4.78, 5) is 0. The second-order valence-electron chi connectivity index (χ2n) is 9.27. The summed E-state index contributed by atoms with van der Waals surface area (Å²) < 4.78 is 0. The molecule has 2 nitrogen and oxygen atoms in total.